The summed E-state index contributed by atoms with van der Waals surface area (Å²) >= 11 is 0. The van der Waals surface area contributed by atoms with Gasteiger partial charge in [0, 0.05) is 0 Å². The number of benzene rings is 1. The van der Waals surface area contributed by atoms with Gasteiger partial charge in [-0.05, 0) is 31.5 Å². The maximum absolute atomic E-state index is 11.3. The van der Waals surface area contributed by atoms with Crippen molar-refractivity contribution in [1.29, 1.82) is 5.26 Å². The molecular formula is C13H12N6O. The third-order valence-electron chi connectivity index (χ3n) is 2.62. The Hall–Kier alpha value is -3.01. The van der Waals surface area contributed by atoms with E-state index in [1.807, 2.05) is 6.07 Å². The van der Waals surface area contributed by atoms with Crippen molar-refractivity contribution in [2.75, 3.05) is 5.43 Å². The minimum Gasteiger partial charge on any atom is -0.288 e. The number of hydrogen-bond donors (Lipinski definition) is 2. The molecule has 1 heterocycles. The van der Waals surface area contributed by atoms with Crippen molar-refractivity contribution in [1.82, 2.24) is 15.2 Å². The molecule has 0 atom stereocenters. The van der Waals surface area contributed by atoms with Crippen molar-refractivity contribution in [2.45, 2.75) is 13.8 Å². The van der Waals surface area contributed by atoms with E-state index in [9.17, 15) is 4.79 Å². The van der Waals surface area contributed by atoms with Gasteiger partial charge in [0.1, 0.15) is 5.69 Å². The van der Waals surface area contributed by atoms with E-state index >= 15 is 0 Å². The van der Waals surface area contributed by atoms with Gasteiger partial charge in [-0.15, -0.1) is 10.2 Å². The zero-order valence-corrected chi connectivity index (χ0v) is 11.0. The minimum atomic E-state index is -0.311. The van der Waals surface area contributed by atoms with E-state index in [1.165, 1.54) is 0 Å². The summed E-state index contributed by atoms with van der Waals surface area (Å²) in [5, 5.41) is 20.3. The van der Waals surface area contributed by atoms with Crippen LogP contribution in [0.15, 0.2) is 34.2 Å². The third kappa shape index (κ3) is 3.05. The maximum atomic E-state index is 11.3. The number of nitriles is 1. The first-order valence-corrected chi connectivity index (χ1v) is 5.84. The van der Waals surface area contributed by atoms with E-state index in [4.69, 9.17) is 5.26 Å². The number of aromatic nitrogens is 3. The van der Waals surface area contributed by atoms with E-state index < -0.39 is 0 Å². The van der Waals surface area contributed by atoms with Crippen LogP contribution >= 0.6 is 0 Å². The molecule has 2 N–H and O–H groups in total. The van der Waals surface area contributed by atoms with Crippen LogP contribution in [0.5, 0.6) is 0 Å². The summed E-state index contributed by atoms with van der Waals surface area (Å²) in [5.74, 6) is 0.175. The van der Waals surface area contributed by atoms with Crippen LogP contribution in [-0.2, 0) is 0 Å². The van der Waals surface area contributed by atoms with Crippen LogP contribution in [0.25, 0.3) is 0 Å². The largest absolute Gasteiger partial charge is 0.288 e. The molecule has 0 aliphatic carbocycles. The number of nitrogens with one attached hydrogen (secondary N) is 2. The van der Waals surface area contributed by atoms with Crippen molar-refractivity contribution >= 4 is 11.7 Å². The van der Waals surface area contributed by atoms with Crippen molar-refractivity contribution < 1.29 is 0 Å². The molecule has 2 rings (SSSR count). The predicted molar refractivity (Wildman–Crippen MR) is 74.4 cm³/mol. The van der Waals surface area contributed by atoms with Gasteiger partial charge in [-0.2, -0.15) is 10.4 Å². The van der Waals surface area contributed by atoms with Gasteiger partial charge in [0.05, 0.1) is 17.3 Å². The molecule has 2 aromatic rings. The molecule has 1 aromatic heterocycles. The first-order valence-electron chi connectivity index (χ1n) is 5.84. The molecule has 0 radical (unpaired) electrons. The number of nitrogens with zero attached hydrogens (tertiary/aromatic N) is 4. The summed E-state index contributed by atoms with van der Waals surface area (Å²) in [6, 6.07) is 9.06. The summed E-state index contributed by atoms with van der Waals surface area (Å²) in [6.07, 6.45) is 0. The van der Waals surface area contributed by atoms with Gasteiger partial charge in [0.15, 0.2) is 0 Å². The highest BCUT2D eigenvalue weighted by Gasteiger charge is 2.00. The third-order valence-corrected chi connectivity index (χ3v) is 2.62. The number of aryl methyl sites for hydroxylation is 1. The highest BCUT2D eigenvalue weighted by molar-refractivity contribution is 5.99. The number of rotatable bonds is 3. The second-order valence-electron chi connectivity index (χ2n) is 4.09. The normalized spacial score (nSPS) is 10.9. The highest BCUT2D eigenvalue weighted by Crippen LogP contribution is 2.05. The highest BCUT2D eigenvalue weighted by atomic mass is 16.1. The van der Waals surface area contributed by atoms with Crippen LogP contribution in [0.4, 0.5) is 5.95 Å². The van der Waals surface area contributed by atoms with E-state index in [0.29, 0.717) is 17.0 Å². The number of hydrazone groups is 1. The monoisotopic (exact) mass is 268 g/mol. The Labute approximate surface area is 115 Å². The molecule has 0 fully saturated rings. The van der Waals surface area contributed by atoms with Crippen molar-refractivity contribution in [3.05, 3.63) is 51.4 Å². The summed E-state index contributed by atoms with van der Waals surface area (Å²) in [5.41, 5.74) is 4.76. The molecule has 0 saturated carbocycles. The molecule has 1 aromatic carbocycles. The minimum absolute atomic E-state index is 0.175. The lowest BCUT2D eigenvalue weighted by Gasteiger charge is -2.02. The average molecular weight is 268 g/mol. The molecule has 20 heavy (non-hydrogen) atoms. The van der Waals surface area contributed by atoms with Crippen LogP contribution < -0.4 is 11.0 Å². The quantitative estimate of drug-likeness (QED) is 0.642. The van der Waals surface area contributed by atoms with Gasteiger partial charge >= 0.3 is 0 Å². The topological polar surface area (TPSA) is 107 Å². The molecular weight excluding hydrogens is 256 g/mol. The first-order chi connectivity index (χ1) is 9.60. The number of H-pyrrole nitrogens is 1. The fraction of sp³-hybridized carbons (Fsp3) is 0.154. The van der Waals surface area contributed by atoms with Crippen LogP contribution in [0.2, 0.25) is 0 Å². The molecule has 0 aliphatic rings. The zero-order chi connectivity index (χ0) is 14.5. The number of hydrogen-bond acceptors (Lipinski definition) is 6. The Balaban J connectivity index is 2.15. The van der Waals surface area contributed by atoms with Crippen molar-refractivity contribution in [3.8, 4) is 6.07 Å². The Morgan fingerprint density at radius 3 is 2.65 bits per heavy atom. The van der Waals surface area contributed by atoms with Crippen LogP contribution in [0.1, 0.15) is 23.7 Å². The van der Waals surface area contributed by atoms with Gasteiger partial charge in [0.25, 0.3) is 5.56 Å². The van der Waals surface area contributed by atoms with Gasteiger partial charge in [0.2, 0.25) is 5.95 Å². The second-order valence-corrected chi connectivity index (χ2v) is 4.09. The Bertz CT molecular complexity index is 739. The van der Waals surface area contributed by atoms with Gasteiger partial charge < -0.3 is 0 Å². The lowest BCUT2D eigenvalue weighted by atomic mass is 10.1. The van der Waals surface area contributed by atoms with Crippen LogP contribution in [-0.4, -0.2) is 20.9 Å². The Morgan fingerprint density at radius 2 is 2.05 bits per heavy atom. The van der Waals surface area contributed by atoms with E-state index in [1.54, 1.807) is 38.1 Å². The van der Waals surface area contributed by atoms with E-state index in [-0.39, 0.29) is 11.5 Å². The zero-order valence-electron chi connectivity index (χ0n) is 11.0. The van der Waals surface area contributed by atoms with Gasteiger partial charge in [-0.3, -0.25) is 9.78 Å². The molecule has 0 bridgehead atoms. The van der Waals surface area contributed by atoms with Crippen molar-refractivity contribution in [2.24, 2.45) is 5.10 Å². The Kier molecular flexibility index (Phi) is 3.86. The lowest BCUT2D eigenvalue weighted by Crippen LogP contribution is -2.16. The maximum Gasteiger partial charge on any atom is 0.274 e. The molecule has 0 amide bonds. The fourth-order valence-corrected chi connectivity index (χ4v) is 1.43. The molecule has 0 unspecified atom stereocenters. The predicted octanol–water partition coefficient (Wildman–Crippen LogP) is 1.18. The number of anilines is 1. The molecule has 0 aliphatic heterocycles. The summed E-state index contributed by atoms with van der Waals surface area (Å²) in [4.78, 5) is 13.9. The van der Waals surface area contributed by atoms with E-state index in [2.05, 4.69) is 25.7 Å². The smallest absolute Gasteiger partial charge is 0.274 e. The summed E-state index contributed by atoms with van der Waals surface area (Å²) in [7, 11) is 0. The summed E-state index contributed by atoms with van der Waals surface area (Å²) in [6.45, 7) is 3.37. The van der Waals surface area contributed by atoms with E-state index in [0.717, 1.165) is 5.56 Å². The fourth-order valence-electron chi connectivity index (χ4n) is 1.43. The first kappa shape index (κ1) is 13.4. The summed E-state index contributed by atoms with van der Waals surface area (Å²) < 4.78 is 0. The number of aromatic amines is 1. The lowest BCUT2D eigenvalue weighted by molar-refractivity contribution is 0.897. The second kappa shape index (κ2) is 5.75. The molecule has 100 valence electrons. The molecule has 7 nitrogen and oxygen atoms in total. The Morgan fingerprint density at radius 1 is 1.35 bits per heavy atom. The molecule has 0 saturated heterocycles. The molecule has 7 heteroatoms. The van der Waals surface area contributed by atoms with Crippen molar-refractivity contribution in [3.63, 3.8) is 0 Å². The van der Waals surface area contributed by atoms with Crippen LogP contribution in [0.3, 0.4) is 0 Å². The standard InChI is InChI=1S/C13H12N6O/c1-8(11-5-3-10(7-14)4-6-11)16-18-13-15-12(20)9(2)17-19-13/h3-6H,1-2H3,(H2,15,18,19,20). The van der Waals surface area contributed by atoms with Crippen LogP contribution in [0, 0.1) is 18.3 Å². The molecule has 0 spiro atoms. The average Bonchev–Trinajstić information content (AvgIpc) is 2.48. The SMILES string of the molecule is CC(=NNc1nnc(C)c(=O)[nH]1)c1ccc(C#N)cc1. The van der Waals surface area contributed by atoms with Gasteiger partial charge in [-0.1, -0.05) is 12.1 Å². The van der Waals surface area contributed by atoms with Gasteiger partial charge in [-0.25, -0.2) is 5.43 Å².